The molecule has 4 heteroatoms. The summed E-state index contributed by atoms with van der Waals surface area (Å²) in [6.45, 7) is 1.90. The molecule has 1 N–H and O–H groups in total. The molecule has 1 aromatic carbocycles. The molecule has 0 aromatic heterocycles. The van der Waals surface area contributed by atoms with E-state index in [1.54, 1.807) is 0 Å². The van der Waals surface area contributed by atoms with Crippen molar-refractivity contribution in [1.29, 1.82) is 0 Å². The first kappa shape index (κ1) is 13.8. The molecule has 0 radical (unpaired) electrons. The van der Waals surface area contributed by atoms with E-state index >= 15 is 0 Å². The summed E-state index contributed by atoms with van der Waals surface area (Å²) in [6, 6.07) is 6.28. The van der Waals surface area contributed by atoms with Crippen LogP contribution in [0.5, 0.6) is 0 Å². The Morgan fingerprint density at radius 3 is 2.69 bits per heavy atom. The maximum Gasteiger partial charge on any atom is 0.0462 e. The normalized spacial score (nSPS) is 11.1. The van der Waals surface area contributed by atoms with Gasteiger partial charge in [-0.1, -0.05) is 17.7 Å². The highest BCUT2D eigenvalue weighted by Crippen LogP contribution is 2.24. The minimum Gasteiger partial charge on any atom is -0.316 e. The van der Waals surface area contributed by atoms with Crippen molar-refractivity contribution in [2.45, 2.75) is 11.4 Å². The van der Waals surface area contributed by atoms with Crippen LogP contribution < -0.4 is 5.32 Å². The molecule has 0 amide bonds. The molecule has 0 unspecified atom stereocenters. The minimum atomic E-state index is 0.821. The highest BCUT2D eigenvalue weighted by molar-refractivity contribution is 7.99. The summed E-state index contributed by atoms with van der Waals surface area (Å²) in [7, 11) is 6.10. The molecular formula is C12H19ClN2S. The first-order valence-electron chi connectivity index (χ1n) is 5.34. The monoisotopic (exact) mass is 258 g/mol. The summed E-state index contributed by atoms with van der Waals surface area (Å²) in [5.41, 5.74) is 1.15. The summed E-state index contributed by atoms with van der Waals surface area (Å²) in [5, 5.41) is 3.96. The number of halogens is 1. The third-order valence-corrected chi connectivity index (χ3v) is 3.52. The van der Waals surface area contributed by atoms with E-state index in [1.807, 2.05) is 18.8 Å². The van der Waals surface area contributed by atoms with Gasteiger partial charge in [-0.3, -0.25) is 0 Å². The minimum absolute atomic E-state index is 0.821. The Bertz CT molecular complexity index is 329. The third kappa shape index (κ3) is 4.74. The number of nitrogens with one attached hydrogen (secondary N) is 1. The lowest BCUT2D eigenvalue weighted by Crippen LogP contribution is -2.14. The molecule has 0 spiro atoms. The van der Waals surface area contributed by atoms with E-state index in [0.717, 1.165) is 29.4 Å². The van der Waals surface area contributed by atoms with Crippen LogP contribution in [0.25, 0.3) is 0 Å². The fourth-order valence-corrected chi connectivity index (χ4v) is 2.67. The number of thioether (sulfide) groups is 1. The molecule has 1 rings (SSSR count). The highest BCUT2D eigenvalue weighted by Gasteiger charge is 2.01. The van der Waals surface area contributed by atoms with Gasteiger partial charge in [0.1, 0.15) is 0 Å². The Labute approximate surface area is 107 Å². The van der Waals surface area contributed by atoms with Crippen molar-refractivity contribution in [1.82, 2.24) is 10.2 Å². The fourth-order valence-electron chi connectivity index (χ4n) is 1.30. The number of hydrogen-bond acceptors (Lipinski definition) is 3. The summed E-state index contributed by atoms with van der Waals surface area (Å²) < 4.78 is 0. The molecular weight excluding hydrogens is 240 g/mol. The summed E-state index contributed by atoms with van der Waals surface area (Å²) >= 11 is 8.03. The van der Waals surface area contributed by atoms with E-state index in [9.17, 15) is 0 Å². The topological polar surface area (TPSA) is 15.3 Å². The average Bonchev–Trinajstić information content (AvgIpc) is 2.21. The van der Waals surface area contributed by atoms with E-state index in [4.69, 9.17) is 11.6 Å². The smallest absolute Gasteiger partial charge is 0.0462 e. The number of hydrogen-bond donors (Lipinski definition) is 1. The van der Waals surface area contributed by atoms with Gasteiger partial charge in [0.05, 0.1) is 0 Å². The van der Waals surface area contributed by atoms with Crippen molar-refractivity contribution >= 4 is 23.4 Å². The molecule has 0 aliphatic carbocycles. The van der Waals surface area contributed by atoms with Gasteiger partial charge in [0, 0.05) is 28.8 Å². The van der Waals surface area contributed by atoms with Crippen molar-refractivity contribution in [2.24, 2.45) is 0 Å². The fraction of sp³-hybridized carbons (Fsp3) is 0.500. The zero-order valence-corrected chi connectivity index (χ0v) is 11.7. The van der Waals surface area contributed by atoms with Gasteiger partial charge >= 0.3 is 0 Å². The van der Waals surface area contributed by atoms with Crippen LogP contribution >= 0.6 is 23.4 Å². The van der Waals surface area contributed by atoms with Crippen LogP contribution in [0.2, 0.25) is 5.02 Å². The van der Waals surface area contributed by atoms with Crippen molar-refractivity contribution in [3.8, 4) is 0 Å². The van der Waals surface area contributed by atoms with Crippen LogP contribution in [-0.2, 0) is 6.54 Å². The van der Waals surface area contributed by atoms with E-state index in [1.165, 1.54) is 4.90 Å². The van der Waals surface area contributed by atoms with Gasteiger partial charge in [-0.25, -0.2) is 0 Å². The molecule has 0 heterocycles. The van der Waals surface area contributed by atoms with Crippen molar-refractivity contribution < 1.29 is 0 Å². The molecule has 16 heavy (non-hydrogen) atoms. The molecule has 0 fully saturated rings. The second-order valence-electron chi connectivity index (χ2n) is 3.94. The Morgan fingerprint density at radius 1 is 1.38 bits per heavy atom. The van der Waals surface area contributed by atoms with Crippen LogP contribution in [0.4, 0.5) is 0 Å². The lowest BCUT2D eigenvalue weighted by molar-refractivity contribution is 0.437. The standard InChI is InChI=1S/C12H19ClN2S/c1-14-9-10-4-5-11(8-12(10)13)16-7-6-15(2)3/h4-5,8,14H,6-7,9H2,1-3H3. The maximum absolute atomic E-state index is 6.19. The largest absolute Gasteiger partial charge is 0.316 e. The highest BCUT2D eigenvalue weighted by atomic mass is 35.5. The summed E-state index contributed by atoms with van der Waals surface area (Å²) in [6.07, 6.45) is 0. The summed E-state index contributed by atoms with van der Waals surface area (Å²) in [4.78, 5) is 3.43. The zero-order chi connectivity index (χ0) is 12.0. The molecule has 1 aromatic rings. The number of nitrogens with zero attached hydrogens (tertiary/aromatic N) is 1. The van der Waals surface area contributed by atoms with Crippen molar-refractivity contribution in [3.05, 3.63) is 28.8 Å². The molecule has 90 valence electrons. The Kier molecular flexibility index (Phi) is 6.21. The lowest BCUT2D eigenvalue weighted by Gasteiger charge is -2.10. The van der Waals surface area contributed by atoms with E-state index < -0.39 is 0 Å². The van der Waals surface area contributed by atoms with E-state index in [0.29, 0.717) is 0 Å². The average molecular weight is 259 g/mol. The summed E-state index contributed by atoms with van der Waals surface area (Å²) in [5.74, 6) is 1.09. The Balaban J connectivity index is 2.52. The van der Waals surface area contributed by atoms with Gasteiger partial charge < -0.3 is 10.2 Å². The Morgan fingerprint density at radius 2 is 2.12 bits per heavy atom. The molecule has 0 saturated heterocycles. The molecule has 2 nitrogen and oxygen atoms in total. The number of rotatable bonds is 6. The van der Waals surface area contributed by atoms with Crippen LogP contribution in [0, 0.1) is 0 Å². The van der Waals surface area contributed by atoms with Crippen LogP contribution in [0.1, 0.15) is 5.56 Å². The second-order valence-corrected chi connectivity index (χ2v) is 5.51. The predicted molar refractivity (Wildman–Crippen MR) is 73.5 cm³/mol. The molecule has 0 atom stereocenters. The van der Waals surface area contributed by atoms with Crippen LogP contribution in [0.15, 0.2) is 23.1 Å². The van der Waals surface area contributed by atoms with Crippen LogP contribution in [-0.4, -0.2) is 38.3 Å². The molecule has 0 aliphatic heterocycles. The van der Waals surface area contributed by atoms with Gasteiger partial charge in [0.25, 0.3) is 0 Å². The molecule has 0 aliphatic rings. The van der Waals surface area contributed by atoms with E-state index in [2.05, 4.69) is 42.5 Å². The first-order chi connectivity index (χ1) is 7.63. The van der Waals surface area contributed by atoms with Crippen molar-refractivity contribution in [3.63, 3.8) is 0 Å². The molecule has 0 saturated carbocycles. The quantitative estimate of drug-likeness (QED) is 0.790. The predicted octanol–water partition coefficient (Wildman–Crippen LogP) is 2.71. The zero-order valence-electron chi connectivity index (χ0n) is 10.1. The van der Waals surface area contributed by atoms with Gasteiger partial charge in [0.2, 0.25) is 0 Å². The first-order valence-corrected chi connectivity index (χ1v) is 6.70. The van der Waals surface area contributed by atoms with Crippen LogP contribution in [0.3, 0.4) is 0 Å². The van der Waals surface area contributed by atoms with Gasteiger partial charge in [-0.05, 0) is 38.8 Å². The SMILES string of the molecule is CNCc1ccc(SCCN(C)C)cc1Cl. The molecule has 0 bridgehead atoms. The van der Waals surface area contributed by atoms with E-state index in [-0.39, 0.29) is 0 Å². The van der Waals surface area contributed by atoms with Crippen molar-refractivity contribution in [2.75, 3.05) is 33.4 Å². The second kappa shape index (κ2) is 7.17. The maximum atomic E-state index is 6.19. The third-order valence-electron chi connectivity index (χ3n) is 2.20. The van der Waals surface area contributed by atoms with Gasteiger partial charge in [-0.2, -0.15) is 0 Å². The van der Waals surface area contributed by atoms with Gasteiger partial charge in [0.15, 0.2) is 0 Å². The van der Waals surface area contributed by atoms with Gasteiger partial charge in [-0.15, -0.1) is 11.8 Å². The Hall–Kier alpha value is -0.220. The number of benzene rings is 1. The lowest BCUT2D eigenvalue weighted by atomic mass is 10.2.